The SMILES string of the molecule is CC(=O)N1CCN(CC(C)(C)C(=O)NCC(=O)O)CC1. The lowest BCUT2D eigenvalue weighted by Crippen LogP contribution is -2.53. The first kappa shape index (κ1) is 16.4. The number of carbonyl (C=O) groups is 3. The summed E-state index contributed by atoms with van der Waals surface area (Å²) in [5.41, 5.74) is -0.659. The highest BCUT2D eigenvalue weighted by Crippen LogP contribution is 2.18. The van der Waals surface area contributed by atoms with Crippen LogP contribution in [0.2, 0.25) is 0 Å². The Morgan fingerprint density at radius 3 is 2.15 bits per heavy atom. The van der Waals surface area contributed by atoms with Gasteiger partial charge in [-0.3, -0.25) is 19.3 Å². The van der Waals surface area contributed by atoms with Crippen molar-refractivity contribution in [2.45, 2.75) is 20.8 Å². The summed E-state index contributed by atoms with van der Waals surface area (Å²) in [4.78, 5) is 37.6. The molecule has 0 atom stereocenters. The number of carboxylic acid groups (broad SMARTS) is 1. The predicted molar refractivity (Wildman–Crippen MR) is 73.1 cm³/mol. The van der Waals surface area contributed by atoms with Crippen LogP contribution in [0, 0.1) is 5.41 Å². The van der Waals surface area contributed by atoms with E-state index >= 15 is 0 Å². The van der Waals surface area contributed by atoms with Crippen LogP contribution >= 0.6 is 0 Å². The van der Waals surface area contributed by atoms with E-state index in [2.05, 4.69) is 10.2 Å². The molecule has 7 nitrogen and oxygen atoms in total. The van der Waals surface area contributed by atoms with Gasteiger partial charge in [-0.05, 0) is 13.8 Å². The van der Waals surface area contributed by atoms with Gasteiger partial charge in [0.25, 0.3) is 0 Å². The second-order valence-electron chi connectivity index (χ2n) is 5.74. The minimum absolute atomic E-state index is 0.0723. The lowest BCUT2D eigenvalue weighted by molar-refractivity contribution is -0.140. The Kier molecular flexibility index (Phi) is 5.50. The summed E-state index contributed by atoms with van der Waals surface area (Å²) in [7, 11) is 0. The van der Waals surface area contributed by atoms with Crippen molar-refractivity contribution in [2.75, 3.05) is 39.3 Å². The zero-order chi connectivity index (χ0) is 15.3. The molecule has 1 fully saturated rings. The number of nitrogens with zero attached hydrogens (tertiary/aromatic N) is 2. The standard InChI is InChI=1S/C13H23N3O4/c1-10(17)16-6-4-15(5-7-16)9-13(2,3)12(20)14-8-11(18)19/h4-9H2,1-3H3,(H,14,20)(H,18,19). The second-order valence-corrected chi connectivity index (χ2v) is 5.74. The number of nitrogens with one attached hydrogen (secondary N) is 1. The van der Waals surface area contributed by atoms with E-state index in [0.29, 0.717) is 19.6 Å². The summed E-state index contributed by atoms with van der Waals surface area (Å²) in [6.07, 6.45) is 0. The lowest BCUT2D eigenvalue weighted by atomic mass is 9.91. The molecule has 2 amide bonds. The second kappa shape index (κ2) is 6.69. The van der Waals surface area contributed by atoms with Crippen molar-refractivity contribution in [1.29, 1.82) is 0 Å². The molecule has 1 rings (SSSR count). The van der Waals surface area contributed by atoms with Gasteiger partial charge in [0.05, 0.1) is 5.41 Å². The fraction of sp³-hybridized carbons (Fsp3) is 0.769. The Bertz CT molecular complexity index is 387. The van der Waals surface area contributed by atoms with E-state index in [9.17, 15) is 14.4 Å². The summed E-state index contributed by atoms with van der Waals surface area (Å²) in [5.74, 6) is -1.25. The van der Waals surface area contributed by atoms with Gasteiger partial charge in [-0.1, -0.05) is 0 Å². The summed E-state index contributed by atoms with van der Waals surface area (Å²) in [5, 5.41) is 11.0. The number of carbonyl (C=O) groups excluding carboxylic acids is 2. The highest BCUT2D eigenvalue weighted by Gasteiger charge is 2.31. The van der Waals surface area contributed by atoms with E-state index in [0.717, 1.165) is 13.1 Å². The van der Waals surface area contributed by atoms with Crippen LogP contribution in [0.15, 0.2) is 0 Å². The molecule has 0 aromatic rings. The average molecular weight is 285 g/mol. The van der Waals surface area contributed by atoms with Gasteiger partial charge in [0, 0.05) is 39.6 Å². The number of hydrogen-bond acceptors (Lipinski definition) is 4. The van der Waals surface area contributed by atoms with Crippen molar-refractivity contribution in [2.24, 2.45) is 5.41 Å². The van der Waals surface area contributed by atoms with Crippen LogP contribution in [0.4, 0.5) is 0 Å². The quantitative estimate of drug-likeness (QED) is 0.702. The molecule has 1 aliphatic heterocycles. The maximum Gasteiger partial charge on any atom is 0.322 e. The van der Waals surface area contributed by atoms with E-state index in [1.165, 1.54) is 0 Å². The highest BCUT2D eigenvalue weighted by atomic mass is 16.4. The summed E-state index contributed by atoms with van der Waals surface area (Å²) in [6.45, 7) is 8.13. The predicted octanol–water partition coefficient (Wildman–Crippen LogP) is -0.622. The molecule has 0 aromatic heterocycles. The Morgan fingerprint density at radius 2 is 1.70 bits per heavy atom. The molecule has 20 heavy (non-hydrogen) atoms. The number of aliphatic carboxylic acids is 1. The van der Waals surface area contributed by atoms with E-state index in [1.807, 2.05) is 0 Å². The number of piperazine rings is 1. The molecule has 1 heterocycles. The van der Waals surface area contributed by atoms with Crippen LogP contribution in [0.1, 0.15) is 20.8 Å². The van der Waals surface area contributed by atoms with Crippen LogP contribution in [0.5, 0.6) is 0 Å². The largest absolute Gasteiger partial charge is 0.480 e. The molecular formula is C13H23N3O4. The Hall–Kier alpha value is -1.63. The van der Waals surface area contributed by atoms with Crippen molar-refractivity contribution >= 4 is 17.8 Å². The molecule has 0 aliphatic carbocycles. The molecule has 0 spiro atoms. The molecule has 0 bridgehead atoms. The van der Waals surface area contributed by atoms with Gasteiger partial charge < -0.3 is 15.3 Å². The Labute approximate surface area is 118 Å². The van der Waals surface area contributed by atoms with Gasteiger partial charge in [0.1, 0.15) is 6.54 Å². The van der Waals surface area contributed by atoms with Crippen LogP contribution < -0.4 is 5.32 Å². The van der Waals surface area contributed by atoms with E-state index in [1.54, 1.807) is 25.7 Å². The zero-order valence-electron chi connectivity index (χ0n) is 12.3. The fourth-order valence-corrected chi connectivity index (χ4v) is 2.25. The van der Waals surface area contributed by atoms with Crippen LogP contribution in [0.25, 0.3) is 0 Å². The van der Waals surface area contributed by atoms with Gasteiger partial charge in [-0.15, -0.1) is 0 Å². The molecular weight excluding hydrogens is 262 g/mol. The summed E-state index contributed by atoms with van der Waals surface area (Å²) < 4.78 is 0. The van der Waals surface area contributed by atoms with Gasteiger partial charge in [-0.2, -0.15) is 0 Å². The molecule has 0 aromatic carbocycles. The number of hydrogen-bond donors (Lipinski definition) is 2. The monoisotopic (exact) mass is 285 g/mol. The highest BCUT2D eigenvalue weighted by molar-refractivity contribution is 5.85. The summed E-state index contributed by atoms with van der Waals surface area (Å²) >= 11 is 0. The van der Waals surface area contributed by atoms with Crippen molar-refractivity contribution in [1.82, 2.24) is 15.1 Å². The van der Waals surface area contributed by atoms with Crippen LogP contribution in [-0.2, 0) is 14.4 Å². The van der Waals surface area contributed by atoms with Gasteiger partial charge in [-0.25, -0.2) is 0 Å². The molecule has 114 valence electrons. The average Bonchev–Trinajstić information content (AvgIpc) is 2.35. The Balaban J connectivity index is 2.44. The van der Waals surface area contributed by atoms with E-state index in [-0.39, 0.29) is 18.4 Å². The maximum absolute atomic E-state index is 11.9. The normalized spacial score (nSPS) is 16.9. The fourth-order valence-electron chi connectivity index (χ4n) is 2.25. The number of rotatable bonds is 5. The van der Waals surface area contributed by atoms with E-state index in [4.69, 9.17) is 5.11 Å². The first-order valence-electron chi connectivity index (χ1n) is 6.70. The number of amides is 2. The topological polar surface area (TPSA) is 90.0 Å². The van der Waals surface area contributed by atoms with Crippen molar-refractivity contribution in [3.63, 3.8) is 0 Å². The third kappa shape index (κ3) is 4.80. The van der Waals surface area contributed by atoms with Gasteiger partial charge >= 0.3 is 5.97 Å². The molecule has 1 aliphatic rings. The van der Waals surface area contributed by atoms with E-state index < -0.39 is 11.4 Å². The van der Waals surface area contributed by atoms with Crippen molar-refractivity contribution < 1.29 is 19.5 Å². The third-order valence-electron chi connectivity index (χ3n) is 3.45. The minimum atomic E-state index is -1.05. The maximum atomic E-state index is 11.9. The third-order valence-corrected chi connectivity index (χ3v) is 3.45. The minimum Gasteiger partial charge on any atom is -0.480 e. The van der Waals surface area contributed by atoms with Crippen molar-refractivity contribution in [3.05, 3.63) is 0 Å². The molecule has 0 unspecified atom stereocenters. The smallest absolute Gasteiger partial charge is 0.322 e. The Morgan fingerprint density at radius 1 is 1.15 bits per heavy atom. The zero-order valence-corrected chi connectivity index (χ0v) is 12.3. The number of carboxylic acids is 1. The summed E-state index contributed by atoms with van der Waals surface area (Å²) in [6, 6.07) is 0. The molecule has 0 radical (unpaired) electrons. The van der Waals surface area contributed by atoms with Crippen LogP contribution in [0.3, 0.4) is 0 Å². The lowest BCUT2D eigenvalue weighted by Gasteiger charge is -2.38. The first-order valence-corrected chi connectivity index (χ1v) is 6.70. The first-order chi connectivity index (χ1) is 9.22. The molecule has 7 heteroatoms. The van der Waals surface area contributed by atoms with Crippen molar-refractivity contribution in [3.8, 4) is 0 Å². The van der Waals surface area contributed by atoms with Gasteiger partial charge in [0.15, 0.2) is 0 Å². The van der Waals surface area contributed by atoms with Crippen LogP contribution in [-0.4, -0.2) is 72.0 Å². The van der Waals surface area contributed by atoms with Gasteiger partial charge in [0.2, 0.25) is 11.8 Å². The molecule has 2 N–H and O–H groups in total. The molecule has 0 saturated carbocycles. The molecule has 1 saturated heterocycles.